The maximum Gasteiger partial charge on any atom is 0.135 e. The van der Waals surface area contributed by atoms with E-state index in [2.05, 4.69) is 16.0 Å². The number of aromatic nitrogens is 2. The number of anilines is 1. The molecule has 1 aliphatic rings. The van der Waals surface area contributed by atoms with Gasteiger partial charge in [0, 0.05) is 16.0 Å². The van der Waals surface area contributed by atoms with Gasteiger partial charge in [0.2, 0.25) is 0 Å². The minimum absolute atomic E-state index is 0.606. The van der Waals surface area contributed by atoms with Crippen LogP contribution in [-0.4, -0.2) is 15.7 Å². The molecule has 3 nitrogen and oxygen atoms in total. The molecule has 1 aliphatic heterocycles. The molecule has 0 amide bonds. The van der Waals surface area contributed by atoms with Crippen LogP contribution in [0.2, 0.25) is 0 Å². The van der Waals surface area contributed by atoms with Crippen molar-refractivity contribution in [3.8, 4) is 0 Å². The molecule has 0 aliphatic carbocycles. The number of rotatable bonds is 0. The van der Waals surface area contributed by atoms with Crippen molar-refractivity contribution in [3.63, 3.8) is 0 Å². The molecule has 3 rings (SSSR count). The molecule has 70 valence electrons. The van der Waals surface area contributed by atoms with Crippen LogP contribution in [0.1, 0.15) is 5.56 Å². The van der Waals surface area contributed by atoms with Gasteiger partial charge < -0.3 is 5.73 Å². The van der Waals surface area contributed by atoms with Crippen molar-refractivity contribution in [3.05, 3.63) is 24.0 Å². The maximum atomic E-state index is 5.87. The van der Waals surface area contributed by atoms with Crippen LogP contribution in [-0.2, 0) is 6.42 Å². The number of hydrogen-bond acceptors (Lipinski definition) is 4. The Kier molecular flexibility index (Phi) is 1.64. The van der Waals surface area contributed by atoms with E-state index in [0.29, 0.717) is 5.82 Å². The third-order valence-electron chi connectivity index (χ3n) is 2.51. The summed E-state index contributed by atoms with van der Waals surface area (Å²) in [7, 11) is 0. The van der Waals surface area contributed by atoms with E-state index in [-0.39, 0.29) is 0 Å². The largest absolute Gasteiger partial charge is 0.383 e. The second-order valence-corrected chi connectivity index (χ2v) is 4.43. The molecule has 0 fully saturated rings. The van der Waals surface area contributed by atoms with Gasteiger partial charge in [0.25, 0.3) is 0 Å². The molecule has 1 aromatic heterocycles. The van der Waals surface area contributed by atoms with Crippen molar-refractivity contribution in [2.45, 2.75) is 11.3 Å². The van der Waals surface area contributed by atoms with Crippen LogP contribution < -0.4 is 5.73 Å². The first-order chi connectivity index (χ1) is 6.86. The fourth-order valence-electron chi connectivity index (χ4n) is 1.87. The highest BCUT2D eigenvalue weighted by Gasteiger charge is 2.16. The van der Waals surface area contributed by atoms with Crippen molar-refractivity contribution in [2.75, 3.05) is 11.5 Å². The van der Waals surface area contributed by atoms with Gasteiger partial charge >= 0.3 is 0 Å². The number of nitrogen functional groups attached to an aromatic ring is 1. The van der Waals surface area contributed by atoms with E-state index in [1.54, 1.807) is 0 Å². The van der Waals surface area contributed by atoms with Crippen LogP contribution in [0.4, 0.5) is 5.82 Å². The SMILES string of the molecule is Nc1ncnc2ccc3c(c12)CCS3. The van der Waals surface area contributed by atoms with E-state index in [1.165, 1.54) is 16.8 Å². The van der Waals surface area contributed by atoms with Crippen LogP contribution in [0.25, 0.3) is 10.9 Å². The molecule has 0 atom stereocenters. The summed E-state index contributed by atoms with van der Waals surface area (Å²) in [5, 5.41) is 1.05. The van der Waals surface area contributed by atoms with Crippen molar-refractivity contribution in [2.24, 2.45) is 0 Å². The van der Waals surface area contributed by atoms with E-state index in [0.717, 1.165) is 23.1 Å². The summed E-state index contributed by atoms with van der Waals surface area (Å²) in [5.74, 6) is 1.75. The lowest BCUT2D eigenvalue weighted by molar-refractivity contribution is 1.15. The smallest absolute Gasteiger partial charge is 0.135 e. The lowest BCUT2D eigenvalue weighted by atomic mass is 10.1. The number of hydrogen-bond donors (Lipinski definition) is 1. The highest BCUT2D eigenvalue weighted by atomic mass is 32.2. The van der Waals surface area contributed by atoms with Crippen LogP contribution >= 0.6 is 11.8 Å². The van der Waals surface area contributed by atoms with E-state index in [9.17, 15) is 0 Å². The van der Waals surface area contributed by atoms with Gasteiger partial charge in [0.15, 0.2) is 0 Å². The number of aryl methyl sites for hydroxylation is 1. The summed E-state index contributed by atoms with van der Waals surface area (Å²) in [5.41, 5.74) is 8.15. The third kappa shape index (κ3) is 1.00. The minimum Gasteiger partial charge on any atom is -0.383 e. The second kappa shape index (κ2) is 2.85. The van der Waals surface area contributed by atoms with Crippen molar-refractivity contribution < 1.29 is 0 Å². The summed E-state index contributed by atoms with van der Waals surface area (Å²) >= 11 is 1.88. The Morgan fingerprint density at radius 3 is 3.14 bits per heavy atom. The molecule has 0 saturated heterocycles. The normalized spacial score (nSPS) is 14.6. The highest BCUT2D eigenvalue weighted by Crippen LogP contribution is 2.37. The van der Waals surface area contributed by atoms with Gasteiger partial charge in [0.05, 0.1) is 5.52 Å². The Morgan fingerprint density at radius 1 is 1.29 bits per heavy atom. The van der Waals surface area contributed by atoms with Crippen LogP contribution in [0.3, 0.4) is 0 Å². The van der Waals surface area contributed by atoms with E-state index < -0.39 is 0 Å². The van der Waals surface area contributed by atoms with E-state index in [1.807, 2.05) is 17.8 Å². The average Bonchev–Trinajstić information content (AvgIpc) is 2.65. The van der Waals surface area contributed by atoms with Crippen molar-refractivity contribution in [1.29, 1.82) is 0 Å². The summed E-state index contributed by atoms with van der Waals surface area (Å²) in [6.07, 6.45) is 2.60. The van der Waals surface area contributed by atoms with E-state index >= 15 is 0 Å². The van der Waals surface area contributed by atoms with Crippen LogP contribution in [0, 0.1) is 0 Å². The molecular formula is C10H9N3S. The molecule has 0 saturated carbocycles. The minimum atomic E-state index is 0.606. The lowest BCUT2D eigenvalue weighted by Crippen LogP contribution is -1.96. The predicted octanol–water partition coefficient (Wildman–Crippen LogP) is 1.86. The quantitative estimate of drug-likeness (QED) is 0.710. The van der Waals surface area contributed by atoms with Gasteiger partial charge in [-0.25, -0.2) is 9.97 Å². The Morgan fingerprint density at radius 2 is 2.21 bits per heavy atom. The van der Waals surface area contributed by atoms with Gasteiger partial charge in [-0.3, -0.25) is 0 Å². The molecule has 1 aromatic carbocycles. The maximum absolute atomic E-state index is 5.87. The molecule has 2 N–H and O–H groups in total. The molecule has 2 heterocycles. The van der Waals surface area contributed by atoms with Crippen LogP contribution in [0.5, 0.6) is 0 Å². The summed E-state index contributed by atoms with van der Waals surface area (Å²) in [6, 6.07) is 4.15. The standard InChI is InChI=1S/C10H9N3S/c11-10-9-6-3-4-14-8(6)2-1-7(9)12-5-13-10/h1-2,5H,3-4H2,(H2,11,12,13). The highest BCUT2D eigenvalue weighted by molar-refractivity contribution is 7.99. The molecule has 4 heteroatoms. The fourth-order valence-corrected chi connectivity index (χ4v) is 2.94. The molecule has 0 bridgehead atoms. The number of thioether (sulfide) groups is 1. The van der Waals surface area contributed by atoms with E-state index in [4.69, 9.17) is 5.73 Å². The molecule has 0 spiro atoms. The Hall–Kier alpha value is -1.29. The second-order valence-electron chi connectivity index (χ2n) is 3.29. The number of nitrogens with two attached hydrogens (primary N) is 1. The molecule has 2 aromatic rings. The van der Waals surface area contributed by atoms with Gasteiger partial charge in [-0.15, -0.1) is 11.8 Å². The first-order valence-electron chi connectivity index (χ1n) is 4.51. The zero-order chi connectivity index (χ0) is 9.54. The van der Waals surface area contributed by atoms with Gasteiger partial charge in [0.1, 0.15) is 12.1 Å². The average molecular weight is 203 g/mol. The summed E-state index contributed by atoms with van der Waals surface area (Å²) in [6.45, 7) is 0. The Balaban J connectivity index is 2.47. The zero-order valence-corrected chi connectivity index (χ0v) is 8.34. The lowest BCUT2D eigenvalue weighted by Gasteiger charge is -2.05. The summed E-state index contributed by atoms with van der Waals surface area (Å²) in [4.78, 5) is 9.59. The summed E-state index contributed by atoms with van der Waals surface area (Å²) < 4.78 is 0. The topological polar surface area (TPSA) is 51.8 Å². The molecule has 0 unspecified atom stereocenters. The van der Waals surface area contributed by atoms with Gasteiger partial charge in [-0.05, 0) is 24.1 Å². The number of benzene rings is 1. The molecule has 14 heavy (non-hydrogen) atoms. The number of nitrogens with zero attached hydrogens (tertiary/aromatic N) is 2. The molecular weight excluding hydrogens is 194 g/mol. The van der Waals surface area contributed by atoms with Gasteiger partial charge in [-0.2, -0.15) is 0 Å². The Labute approximate surface area is 85.7 Å². The predicted molar refractivity (Wildman–Crippen MR) is 58.4 cm³/mol. The van der Waals surface area contributed by atoms with Crippen molar-refractivity contribution in [1.82, 2.24) is 9.97 Å². The monoisotopic (exact) mass is 203 g/mol. The first kappa shape index (κ1) is 8.05. The first-order valence-corrected chi connectivity index (χ1v) is 5.49. The zero-order valence-electron chi connectivity index (χ0n) is 7.53. The van der Waals surface area contributed by atoms with Gasteiger partial charge in [-0.1, -0.05) is 0 Å². The fraction of sp³-hybridized carbons (Fsp3) is 0.200. The third-order valence-corrected chi connectivity index (χ3v) is 3.61. The van der Waals surface area contributed by atoms with Crippen molar-refractivity contribution >= 4 is 28.5 Å². The Bertz CT molecular complexity index is 510. The number of fused-ring (bicyclic) bond motifs is 3. The molecule has 0 radical (unpaired) electrons. The van der Waals surface area contributed by atoms with Crippen LogP contribution in [0.15, 0.2) is 23.4 Å².